The zero-order valence-corrected chi connectivity index (χ0v) is 26.2. The number of ether oxygens (including phenoxy) is 2. The molecule has 5 nitrogen and oxygen atoms in total. The van der Waals surface area contributed by atoms with E-state index in [4.69, 9.17) is 21.1 Å². The van der Waals surface area contributed by atoms with Crippen LogP contribution in [-0.2, 0) is 13.2 Å². The van der Waals surface area contributed by atoms with Crippen molar-refractivity contribution in [2.24, 2.45) is 0 Å². The third kappa shape index (κ3) is 5.99. The highest BCUT2D eigenvalue weighted by molar-refractivity contribution is 9.10. The Hall–Kier alpha value is -4.26. The van der Waals surface area contributed by atoms with Crippen molar-refractivity contribution in [1.82, 2.24) is 0 Å². The van der Waals surface area contributed by atoms with Crippen LogP contribution in [0.1, 0.15) is 38.8 Å². The van der Waals surface area contributed by atoms with E-state index in [0.717, 1.165) is 38.1 Å². The smallest absolute Gasteiger partial charge is 0.262 e. The van der Waals surface area contributed by atoms with Gasteiger partial charge in [0.25, 0.3) is 5.91 Å². The zero-order valence-electron chi connectivity index (χ0n) is 23.8. The lowest BCUT2D eigenvalue weighted by Gasteiger charge is -2.46. The predicted molar refractivity (Wildman–Crippen MR) is 176 cm³/mol. The summed E-state index contributed by atoms with van der Waals surface area (Å²) in [6.45, 7) is 2.98. The van der Waals surface area contributed by atoms with Crippen LogP contribution in [0, 0.1) is 6.92 Å². The molecule has 7 heteroatoms. The van der Waals surface area contributed by atoms with Gasteiger partial charge in [-0.3, -0.25) is 9.69 Å². The largest absolute Gasteiger partial charge is 0.493 e. The molecule has 5 aromatic carbocycles. The number of carbonyl (C=O) groups excluding carboxylic acids is 1. The molecule has 1 amide bonds. The molecule has 5 aromatic rings. The van der Waals surface area contributed by atoms with Crippen molar-refractivity contribution in [3.05, 3.63) is 153 Å². The van der Waals surface area contributed by atoms with Crippen LogP contribution in [0.2, 0.25) is 5.02 Å². The number of amides is 1. The average Bonchev–Trinajstić information content (AvgIpc) is 3.03. The van der Waals surface area contributed by atoms with Gasteiger partial charge in [-0.25, -0.2) is 0 Å². The highest BCUT2D eigenvalue weighted by Crippen LogP contribution is 2.46. The number of methoxy groups -OCH3 is 1. The summed E-state index contributed by atoms with van der Waals surface area (Å²) in [4.78, 5) is 18.4. The fourth-order valence-electron chi connectivity index (χ4n) is 5.43. The summed E-state index contributed by atoms with van der Waals surface area (Å²) < 4.78 is 12.8. The van der Waals surface area contributed by atoms with E-state index in [-0.39, 0.29) is 5.91 Å². The molecule has 1 aliphatic heterocycles. The second-order valence-corrected chi connectivity index (χ2v) is 11.8. The minimum atomic E-state index is -0.471. The number of carbonyl (C=O) groups is 1. The summed E-state index contributed by atoms with van der Waals surface area (Å²) >= 11 is 9.82. The van der Waals surface area contributed by atoms with E-state index in [0.29, 0.717) is 35.2 Å². The first kappa shape index (κ1) is 28.8. The number of hydrogen-bond donors (Lipinski definition) is 0. The maximum absolute atomic E-state index is 14.3. The molecule has 0 aromatic heterocycles. The van der Waals surface area contributed by atoms with E-state index in [2.05, 4.69) is 33.0 Å². The number of anilines is 2. The van der Waals surface area contributed by atoms with Gasteiger partial charge < -0.3 is 14.4 Å². The van der Waals surface area contributed by atoms with Gasteiger partial charge in [-0.15, -0.1) is 0 Å². The molecule has 216 valence electrons. The molecule has 0 radical (unpaired) electrons. The molecule has 0 aliphatic carbocycles. The Bertz CT molecular complexity index is 1740. The topological polar surface area (TPSA) is 42.0 Å². The van der Waals surface area contributed by atoms with Gasteiger partial charge in [-0.1, -0.05) is 83.9 Å². The molecule has 0 spiro atoms. The van der Waals surface area contributed by atoms with Crippen molar-refractivity contribution in [3.63, 3.8) is 0 Å². The van der Waals surface area contributed by atoms with Gasteiger partial charge in [0.1, 0.15) is 12.8 Å². The molecule has 0 unspecified atom stereocenters. The maximum Gasteiger partial charge on any atom is 0.262 e. The van der Waals surface area contributed by atoms with Crippen molar-refractivity contribution in [2.75, 3.05) is 16.9 Å². The summed E-state index contributed by atoms with van der Waals surface area (Å²) in [5.41, 5.74) is 6.46. The van der Waals surface area contributed by atoms with Crippen LogP contribution in [-0.4, -0.2) is 13.0 Å². The van der Waals surface area contributed by atoms with Gasteiger partial charge in [0.2, 0.25) is 0 Å². The van der Waals surface area contributed by atoms with Crippen molar-refractivity contribution >= 4 is 44.8 Å². The van der Waals surface area contributed by atoms with Crippen LogP contribution in [0.25, 0.3) is 0 Å². The molecule has 0 saturated heterocycles. The first-order valence-electron chi connectivity index (χ1n) is 14.0. The van der Waals surface area contributed by atoms with E-state index in [9.17, 15) is 4.79 Å². The van der Waals surface area contributed by atoms with Gasteiger partial charge in [-0.2, -0.15) is 0 Å². The SMILES string of the molecule is COc1cc([C@@H]2N(Cc3ccccc3)c3ccccc3C(=O)N2c2ccc(C)cc2)cc(Br)c1OCc1ccc(Cl)cc1. The number of fused-ring (bicyclic) bond motifs is 1. The van der Waals surface area contributed by atoms with Gasteiger partial charge >= 0.3 is 0 Å². The highest BCUT2D eigenvalue weighted by atomic mass is 79.9. The van der Waals surface area contributed by atoms with Gasteiger partial charge in [0.05, 0.1) is 22.8 Å². The summed E-state index contributed by atoms with van der Waals surface area (Å²) in [5.74, 6) is 1.08. The number of hydrogen-bond acceptors (Lipinski definition) is 4. The second-order valence-electron chi connectivity index (χ2n) is 10.5. The van der Waals surface area contributed by atoms with E-state index >= 15 is 0 Å². The quantitative estimate of drug-likeness (QED) is 0.167. The first-order valence-corrected chi connectivity index (χ1v) is 15.1. The molecule has 1 aliphatic rings. The van der Waals surface area contributed by atoms with E-state index in [1.54, 1.807) is 7.11 Å². The van der Waals surface area contributed by atoms with Crippen LogP contribution in [0.15, 0.2) is 120 Å². The Kier molecular flexibility index (Phi) is 8.41. The number of rotatable bonds is 8. The van der Waals surface area contributed by atoms with Crippen LogP contribution >= 0.6 is 27.5 Å². The fourth-order valence-corrected chi connectivity index (χ4v) is 6.13. The summed E-state index contributed by atoms with van der Waals surface area (Å²) in [6.07, 6.45) is -0.471. The van der Waals surface area contributed by atoms with Gasteiger partial charge in [-0.05, 0) is 82.5 Å². The molecule has 1 heterocycles. The van der Waals surface area contributed by atoms with Crippen LogP contribution < -0.4 is 19.3 Å². The Morgan fingerprint density at radius 2 is 1.53 bits per heavy atom. The minimum absolute atomic E-state index is 0.0630. The Morgan fingerprint density at radius 3 is 2.26 bits per heavy atom. The number of aryl methyl sites for hydroxylation is 1. The normalized spacial score (nSPS) is 14.4. The highest BCUT2D eigenvalue weighted by Gasteiger charge is 2.40. The fraction of sp³-hybridized carbons (Fsp3) is 0.139. The summed E-state index contributed by atoms with van der Waals surface area (Å²) in [5, 5.41) is 0.675. The van der Waals surface area contributed by atoms with E-state index < -0.39 is 6.17 Å². The Balaban J connectivity index is 1.48. The van der Waals surface area contributed by atoms with Crippen molar-refractivity contribution < 1.29 is 14.3 Å². The molecule has 0 saturated carbocycles. The monoisotopic (exact) mass is 652 g/mol. The van der Waals surface area contributed by atoms with E-state index in [1.165, 1.54) is 0 Å². The van der Waals surface area contributed by atoms with Crippen LogP contribution in [0.4, 0.5) is 11.4 Å². The molecule has 1 atom stereocenters. The number of para-hydroxylation sites is 1. The van der Waals surface area contributed by atoms with Crippen molar-refractivity contribution in [2.45, 2.75) is 26.2 Å². The Morgan fingerprint density at radius 1 is 0.837 bits per heavy atom. The van der Waals surface area contributed by atoms with Crippen LogP contribution in [0.5, 0.6) is 11.5 Å². The predicted octanol–water partition coefficient (Wildman–Crippen LogP) is 9.36. The lowest BCUT2D eigenvalue weighted by atomic mass is 9.98. The average molecular weight is 654 g/mol. The third-order valence-corrected chi connectivity index (χ3v) is 8.40. The lowest BCUT2D eigenvalue weighted by molar-refractivity contribution is 0.0968. The van der Waals surface area contributed by atoms with Gasteiger partial charge in [0.15, 0.2) is 11.5 Å². The number of benzene rings is 5. The molecule has 0 bridgehead atoms. The first-order chi connectivity index (χ1) is 20.9. The maximum atomic E-state index is 14.3. The van der Waals surface area contributed by atoms with Crippen molar-refractivity contribution in [3.8, 4) is 11.5 Å². The summed E-state index contributed by atoms with van der Waals surface area (Å²) in [7, 11) is 1.63. The Labute approximate surface area is 265 Å². The standard InChI is InChI=1S/C36H30BrClN2O3/c1-24-12-18-29(19-13-24)40-35(39(22-25-8-4-3-5-9-25)32-11-7-6-10-30(32)36(40)41)27-20-31(37)34(33(21-27)42-2)43-23-26-14-16-28(38)17-15-26/h3-21,35H,22-23H2,1-2H3/t35-/m1/s1. The molecule has 0 fully saturated rings. The number of halogens is 2. The van der Waals surface area contributed by atoms with E-state index in [1.807, 2.05) is 115 Å². The lowest BCUT2D eigenvalue weighted by Crippen LogP contribution is -2.49. The number of nitrogens with zero attached hydrogens (tertiary/aromatic N) is 2. The molecule has 6 rings (SSSR count). The zero-order chi connectivity index (χ0) is 29.9. The third-order valence-electron chi connectivity index (χ3n) is 7.56. The molecular weight excluding hydrogens is 624 g/mol. The summed E-state index contributed by atoms with van der Waals surface area (Å²) in [6, 6.07) is 37.7. The minimum Gasteiger partial charge on any atom is -0.493 e. The second kappa shape index (κ2) is 12.5. The van der Waals surface area contributed by atoms with Gasteiger partial charge in [0, 0.05) is 22.8 Å². The van der Waals surface area contributed by atoms with Crippen LogP contribution in [0.3, 0.4) is 0 Å². The molecule has 43 heavy (non-hydrogen) atoms. The molecule has 0 N–H and O–H groups in total. The molecular formula is C36H30BrClN2O3. The van der Waals surface area contributed by atoms with Crippen molar-refractivity contribution in [1.29, 1.82) is 0 Å².